The normalized spacial score (nSPS) is 14.1. The van der Waals surface area contributed by atoms with Gasteiger partial charge in [0.2, 0.25) is 0 Å². The molecule has 0 aliphatic heterocycles. The quantitative estimate of drug-likeness (QED) is 0.709. The standard InChI is InChI=1S/C10H12F2OS/c1-6-4-5-8(14-6)9(13)7(2)10(3,11)12/h4-5,7H,1-3H3. The summed E-state index contributed by atoms with van der Waals surface area (Å²) < 4.78 is 25.7. The number of carbonyl (C=O) groups is 1. The molecule has 1 rings (SSSR count). The third-order valence-corrected chi connectivity index (χ3v) is 3.15. The summed E-state index contributed by atoms with van der Waals surface area (Å²) in [7, 11) is 0. The molecule has 0 fully saturated rings. The van der Waals surface area contributed by atoms with Crippen LogP contribution in [0.4, 0.5) is 8.78 Å². The Morgan fingerprint density at radius 1 is 1.50 bits per heavy atom. The van der Waals surface area contributed by atoms with E-state index in [2.05, 4.69) is 0 Å². The molecule has 1 atom stereocenters. The minimum absolute atomic E-state index is 0.413. The third kappa shape index (κ3) is 2.38. The number of Topliss-reactive ketones (excluding diaryl/α,β-unsaturated/α-hetero) is 1. The molecule has 0 aliphatic rings. The van der Waals surface area contributed by atoms with Gasteiger partial charge < -0.3 is 0 Å². The molecular formula is C10H12F2OS. The highest BCUT2D eigenvalue weighted by Gasteiger charge is 2.36. The molecule has 0 amide bonds. The van der Waals surface area contributed by atoms with E-state index in [1.54, 1.807) is 12.1 Å². The molecule has 0 spiro atoms. The van der Waals surface area contributed by atoms with Crippen molar-refractivity contribution in [3.63, 3.8) is 0 Å². The van der Waals surface area contributed by atoms with Crippen LogP contribution < -0.4 is 0 Å². The molecule has 0 aromatic carbocycles. The topological polar surface area (TPSA) is 17.1 Å². The Bertz CT molecular complexity index is 338. The maximum atomic E-state index is 12.8. The molecule has 0 radical (unpaired) electrons. The molecular weight excluding hydrogens is 206 g/mol. The summed E-state index contributed by atoms with van der Waals surface area (Å²) in [5, 5.41) is 0. The van der Waals surface area contributed by atoms with Crippen molar-refractivity contribution in [1.82, 2.24) is 0 Å². The van der Waals surface area contributed by atoms with Gasteiger partial charge in [-0.15, -0.1) is 11.3 Å². The van der Waals surface area contributed by atoms with E-state index in [1.807, 2.05) is 6.92 Å². The maximum absolute atomic E-state index is 12.8. The number of rotatable bonds is 3. The Morgan fingerprint density at radius 2 is 2.07 bits per heavy atom. The first-order valence-corrected chi connectivity index (χ1v) is 5.12. The summed E-state index contributed by atoms with van der Waals surface area (Å²) in [6.07, 6.45) is 0. The van der Waals surface area contributed by atoms with Crippen LogP contribution in [-0.4, -0.2) is 11.7 Å². The average Bonchev–Trinajstić information content (AvgIpc) is 2.47. The van der Waals surface area contributed by atoms with Crippen molar-refractivity contribution in [3.8, 4) is 0 Å². The van der Waals surface area contributed by atoms with Gasteiger partial charge in [-0.05, 0) is 26.0 Å². The van der Waals surface area contributed by atoms with Gasteiger partial charge in [0.15, 0.2) is 5.78 Å². The van der Waals surface area contributed by atoms with Crippen molar-refractivity contribution in [1.29, 1.82) is 0 Å². The first-order valence-electron chi connectivity index (χ1n) is 4.31. The Labute approximate surface area is 85.8 Å². The zero-order valence-corrected chi connectivity index (χ0v) is 9.12. The smallest absolute Gasteiger partial charge is 0.255 e. The minimum atomic E-state index is -2.95. The zero-order chi connectivity index (χ0) is 10.9. The van der Waals surface area contributed by atoms with Gasteiger partial charge in [-0.3, -0.25) is 4.79 Å². The van der Waals surface area contributed by atoms with Crippen LogP contribution in [0.2, 0.25) is 0 Å². The molecule has 1 unspecified atom stereocenters. The molecule has 0 saturated carbocycles. The fourth-order valence-electron chi connectivity index (χ4n) is 1.01. The minimum Gasteiger partial charge on any atom is -0.293 e. The summed E-state index contributed by atoms with van der Waals surface area (Å²) in [6, 6.07) is 3.36. The van der Waals surface area contributed by atoms with Crippen molar-refractivity contribution in [2.75, 3.05) is 0 Å². The van der Waals surface area contributed by atoms with Crippen molar-refractivity contribution < 1.29 is 13.6 Å². The lowest BCUT2D eigenvalue weighted by molar-refractivity contribution is -0.0220. The van der Waals surface area contributed by atoms with Crippen molar-refractivity contribution in [2.24, 2.45) is 5.92 Å². The van der Waals surface area contributed by atoms with Crippen LogP contribution in [0.3, 0.4) is 0 Å². The second kappa shape index (κ2) is 3.77. The number of carbonyl (C=O) groups excluding carboxylic acids is 1. The lowest BCUT2D eigenvalue weighted by Gasteiger charge is -2.16. The van der Waals surface area contributed by atoms with Crippen molar-refractivity contribution in [3.05, 3.63) is 21.9 Å². The van der Waals surface area contributed by atoms with E-state index in [9.17, 15) is 13.6 Å². The first-order chi connectivity index (χ1) is 6.32. The summed E-state index contributed by atoms with van der Waals surface area (Å²) in [4.78, 5) is 12.9. The van der Waals surface area contributed by atoms with Crippen LogP contribution >= 0.6 is 11.3 Å². The van der Waals surface area contributed by atoms with Crippen LogP contribution in [0.25, 0.3) is 0 Å². The molecule has 0 bridgehead atoms. The SMILES string of the molecule is Cc1ccc(C(=O)C(C)C(C)(F)F)s1. The molecule has 0 aliphatic carbocycles. The van der Waals surface area contributed by atoms with Crippen LogP contribution in [0.15, 0.2) is 12.1 Å². The van der Waals surface area contributed by atoms with Gasteiger partial charge in [-0.2, -0.15) is 0 Å². The monoisotopic (exact) mass is 218 g/mol. The molecule has 78 valence electrons. The lowest BCUT2D eigenvalue weighted by atomic mass is 9.99. The number of ketones is 1. The highest BCUT2D eigenvalue weighted by Crippen LogP contribution is 2.28. The number of hydrogen-bond acceptors (Lipinski definition) is 2. The first kappa shape index (κ1) is 11.3. The average molecular weight is 218 g/mol. The number of aryl methyl sites for hydroxylation is 1. The highest BCUT2D eigenvalue weighted by atomic mass is 32.1. The Balaban J connectivity index is 2.86. The molecule has 14 heavy (non-hydrogen) atoms. The van der Waals surface area contributed by atoms with Crippen LogP contribution in [0, 0.1) is 12.8 Å². The van der Waals surface area contributed by atoms with Crippen LogP contribution in [-0.2, 0) is 0 Å². The van der Waals surface area contributed by atoms with E-state index in [1.165, 1.54) is 18.3 Å². The van der Waals surface area contributed by atoms with E-state index in [0.29, 0.717) is 4.88 Å². The van der Waals surface area contributed by atoms with E-state index in [-0.39, 0.29) is 0 Å². The number of hydrogen-bond donors (Lipinski definition) is 0. The molecule has 1 heterocycles. The van der Waals surface area contributed by atoms with Gasteiger partial charge in [-0.25, -0.2) is 8.78 Å². The van der Waals surface area contributed by atoms with Crippen LogP contribution in [0.5, 0.6) is 0 Å². The van der Waals surface area contributed by atoms with Gasteiger partial charge in [0.1, 0.15) is 0 Å². The Hall–Kier alpha value is -0.770. The van der Waals surface area contributed by atoms with E-state index in [0.717, 1.165) is 11.8 Å². The Kier molecular flexibility index (Phi) is 3.04. The number of halogens is 2. The predicted molar refractivity (Wildman–Crippen MR) is 53.2 cm³/mol. The molecule has 1 aromatic rings. The zero-order valence-electron chi connectivity index (χ0n) is 8.30. The van der Waals surface area contributed by atoms with Gasteiger partial charge in [0.05, 0.1) is 10.8 Å². The van der Waals surface area contributed by atoms with Gasteiger partial charge in [0, 0.05) is 11.8 Å². The predicted octanol–water partition coefficient (Wildman–Crippen LogP) is 3.53. The maximum Gasteiger partial charge on any atom is 0.255 e. The highest BCUT2D eigenvalue weighted by molar-refractivity contribution is 7.14. The van der Waals surface area contributed by atoms with Crippen molar-refractivity contribution >= 4 is 17.1 Å². The van der Waals surface area contributed by atoms with E-state index in [4.69, 9.17) is 0 Å². The third-order valence-electron chi connectivity index (χ3n) is 2.14. The second-order valence-corrected chi connectivity index (χ2v) is 4.74. The second-order valence-electron chi connectivity index (χ2n) is 3.45. The van der Waals surface area contributed by atoms with Gasteiger partial charge in [0.25, 0.3) is 5.92 Å². The summed E-state index contributed by atoms with van der Waals surface area (Å²) in [5.41, 5.74) is 0. The molecule has 1 aromatic heterocycles. The number of thiophene rings is 1. The fraction of sp³-hybridized carbons (Fsp3) is 0.500. The van der Waals surface area contributed by atoms with E-state index >= 15 is 0 Å². The molecule has 4 heteroatoms. The van der Waals surface area contributed by atoms with Gasteiger partial charge in [-0.1, -0.05) is 0 Å². The summed E-state index contributed by atoms with van der Waals surface area (Å²) in [6.45, 7) is 3.88. The van der Waals surface area contributed by atoms with E-state index < -0.39 is 17.6 Å². The summed E-state index contributed by atoms with van der Waals surface area (Å²) in [5.74, 6) is -4.68. The molecule has 1 nitrogen and oxygen atoms in total. The van der Waals surface area contributed by atoms with Gasteiger partial charge >= 0.3 is 0 Å². The summed E-state index contributed by atoms with van der Waals surface area (Å²) >= 11 is 1.26. The number of alkyl halides is 2. The molecule has 0 saturated heterocycles. The largest absolute Gasteiger partial charge is 0.293 e. The van der Waals surface area contributed by atoms with Crippen LogP contribution in [0.1, 0.15) is 28.4 Å². The lowest BCUT2D eigenvalue weighted by Crippen LogP contribution is -2.28. The van der Waals surface area contributed by atoms with Crippen molar-refractivity contribution in [2.45, 2.75) is 26.7 Å². The molecule has 0 N–H and O–H groups in total. The Morgan fingerprint density at radius 3 is 2.43 bits per heavy atom. The fourth-order valence-corrected chi connectivity index (χ4v) is 1.91.